The first-order chi connectivity index (χ1) is 13.6. The molecule has 2 N–H and O–H groups in total. The van der Waals surface area contributed by atoms with Gasteiger partial charge < -0.3 is 10.6 Å². The maximum Gasteiger partial charge on any atom is 0.254 e. The van der Waals surface area contributed by atoms with E-state index in [9.17, 15) is 9.18 Å². The van der Waals surface area contributed by atoms with Gasteiger partial charge in [0.25, 0.3) is 5.91 Å². The van der Waals surface area contributed by atoms with E-state index in [2.05, 4.69) is 21.9 Å². The van der Waals surface area contributed by atoms with E-state index in [-0.39, 0.29) is 11.9 Å². The minimum atomic E-state index is -0.516. The molecule has 0 aromatic carbocycles. The highest BCUT2D eigenvalue weighted by atomic mass is 19.1. The summed E-state index contributed by atoms with van der Waals surface area (Å²) in [5.41, 5.74) is 8.01. The second kappa shape index (κ2) is 7.53. The van der Waals surface area contributed by atoms with E-state index >= 15 is 0 Å². The lowest BCUT2D eigenvalue weighted by Gasteiger charge is -2.26. The third-order valence-corrected chi connectivity index (χ3v) is 5.21. The maximum absolute atomic E-state index is 13.6. The minimum absolute atomic E-state index is 0.00217. The van der Waals surface area contributed by atoms with Crippen molar-refractivity contribution in [1.82, 2.24) is 19.6 Å². The molecule has 1 amide bonds. The van der Waals surface area contributed by atoms with Crippen LogP contribution >= 0.6 is 0 Å². The molecule has 0 bridgehead atoms. The van der Waals surface area contributed by atoms with Gasteiger partial charge in [-0.05, 0) is 43.4 Å². The molecule has 7 nitrogen and oxygen atoms in total. The number of aryl methyl sites for hydroxylation is 1. The second-order valence-corrected chi connectivity index (χ2v) is 7.13. The lowest BCUT2D eigenvalue weighted by atomic mass is 10.1. The topological polar surface area (TPSA) is 89.4 Å². The van der Waals surface area contributed by atoms with Gasteiger partial charge in [-0.15, -0.1) is 0 Å². The van der Waals surface area contributed by atoms with Crippen LogP contribution in [0.4, 0.5) is 10.2 Å². The van der Waals surface area contributed by atoms with Gasteiger partial charge >= 0.3 is 0 Å². The van der Waals surface area contributed by atoms with Gasteiger partial charge in [0.1, 0.15) is 17.2 Å². The predicted octanol–water partition coefficient (Wildman–Crippen LogP) is 3.05. The zero-order chi connectivity index (χ0) is 19.7. The first-order valence-electron chi connectivity index (χ1n) is 9.63. The summed E-state index contributed by atoms with van der Waals surface area (Å²) in [6.45, 7) is 2.89. The third-order valence-electron chi connectivity index (χ3n) is 5.21. The van der Waals surface area contributed by atoms with Crippen LogP contribution in [-0.4, -0.2) is 32.0 Å². The summed E-state index contributed by atoms with van der Waals surface area (Å²) in [7, 11) is 0. The Kier molecular flexibility index (Phi) is 4.93. The van der Waals surface area contributed by atoms with Crippen molar-refractivity contribution >= 4 is 17.4 Å². The SMILES string of the molecule is CCCCc1nn2ccc(N3CCCC3c3cncc(F)c3)nc2c1C(N)=O. The Labute approximate surface area is 162 Å². The van der Waals surface area contributed by atoms with Gasteiger partial charge in [-0.2, -0.15) is 5.10 Å². The second-order valence-electron chi connectivity index (χ2n) is 7.13. The van der Waals surface area contributed by atoms with E-state index in [0.29, 0.717) is 23.3 Å². The zero-order valence-corrected chi connectivity index (χ0v) is 15.8. The standard InChI is InChI=1S/C20H23FN6O/c1-2-3-5-15-18(19(22)28)20-24-17(7-9-27(20)25-15)26-8-4-6-16(26)13-10-14(21)12-23-11-13/h7,9-12,16H,2-6,8H2,1H3,(H2,22,28). The van der Waals surface area contributed by atoms with Crippen LogP contribution in [0.25, 0.3) is 5.65 Å². The Bertz CT molecular complexity index is 1020. The lowest BCUT2D eigenvalue weighted by molar-refractivity contribution is 0.100. The minimum Gasteiger partial charge on any atom is -0.365 e. The molecule has 3 aromatic rings. The lowest BCUT2D eigenvalue weighted by Crippen LogP contribution is -2.24. The molecule has 3 aromatic heterocycles. The van der Waals surface area contributed by atoms with E-state index in [0.717, 1.165) is 43.6 Å². The first kappa shape index (κ1) is 18.3. The number of amides is 1. The fourth-order valence-electron chi connectivity index (χ4n) is 3.89. The highest BCUT2D eigenvalue weighted by Gasteiger charge is 2.29. The highest BCUT2D eigenvalue weighted by Crippen LogP contribution is 2.35. The number of hydrogen-bond acceptors (Lipinski definition) is 5. The first-order valence-corrected chi connectivity index (χ1v) is 9.63. The molecule has 1 saturated heterocycles. The van der Waals surface area contributed by atoms with Gasteiger partial charge in [0.2, 0.25) is 0 Å². The number of primary amides is 1. The molecule has 1 unspecified atom stereocenters. The number of unbranched alkanes of at least 4 members (excludes halogenated alkanes) is 1. The van der Waals surface area contributed by atoms with Crippen molar-refractivity contribution in [2.75, 3.05) is 11.4 Å². The molecule has 8 heteroatoms. The summed E-state index contributed by atoms with van der Waals surface area (Å²) in [6, 6.07) is 3.39. The molecule has 146 valence electrons. The fourth-order valence-corrected chi connectivity index (χ4v) is 3.89. The number of fused-ring (bicyclic) bond motifs is 1. The molecule has 0 spiro atoms. The molecular weight excluding hydrogens is 359 g/mol. The van der Waals surface area contributed by atoms with Crippen LogP contribution in [0.1, 0.15) is 60.3 Å². The van der Waals surface area contributed by atoms with Crippen molar-refractivity contribution in [3.63, 3.8) is 0 Å². The number of halogens is 1. The van der Waals surface area contributed by atoms with E-state index in [4.69, 9.17) is 10.7 Å². The predicted molar refractivity (Wildman–Crippen MR) is 104 cm³/mol. The number of nitrogens with zero attached hydrogens (tertiary/aromatic N) is 5. The number of hydrogen-bond donors (Lipinski definition) is 1. The number of aromatic nitrogens is 4. The molecule has 4 rings (SSSR count). The summed E-state index contributed by atoms with van der Waals surface area (Å²) >= 11 is 0. The number of pyridine rings is 1. The smallest absolute Gasteiger partial charge is 0.254 e. The molecule has 1 aliphatic rings. The summed E-state index contributed by atoms with van der Waals surface area (Å²) in [4.78, 5) is 22.9. The Morgan fingerprint density at radius 3 is 3.00 bits per heavy atom. The molecule has 1 aliphatic heterocycles. The van der Waals surface area contributed by atoms with Crippen LogP contribution in [-0.2, 0) is 6.42 Å². The summed E-state index contributed by atoms with van der Waals surface area (Å²) in [6.07, 6.45) is 9.18. The highest BCUT2D eigenvalue weighted by molar-refractivity contribution is 6.00. The van der Waals surface area contributed by atoms with Gasteiger partial charge in [0.15, 0.2) is 5.65 Å². The van der Waals surface area contributed by atoms with Crippen molar-refractivity contribution in [3.05, 3.63) is 53.4 Å². The van der Waals surface area contributed by atoms with Crippen LogP contribution in [0.15, 0.2) is 30.7 Å². The van der Waals surface area contributed by atoms with Crippen LogP contribution in [0.5, 0.6) is 0 Å². The molecule has 0 saturated carbocycles. The van der Waals surface area contributed by atoms with E-state index < -0.39 is 5.91 Å². The van der Waals surface area contributed by atoms with Crippen molar-refractivity contribution in [1.29, 1.82) is 0 Å². The Morgan fingerprint density at radius 1 is 1.39 bits per heavy atom. The number of rotatable bonds is 6. The third kappa shape index (κ3) is 3.30. The maximum atomic E-state index is 13.6. The van der Waals surface area contributed by atoms with Gasteiger partial charge in [-0.1, -0.05) is 13.3 Å². The van der Waals surface area contributed by atoms with Crippen LogP contribution in [0.2, 0.25) is 0 Å². The zero-order valence-electron chi connectivity index (χ0n) is 15.8. The molecule has 28 heavy (non-hydrogen) atoms. The van der Waals surface area contributed by atoms with Gasteiger partial charge in [0, 0.05) is 18.9 Å². The Hall–Kier alpha value is -3.03. The summed E-state index contributed by atoms with van der Waals surface area (Å²) < 4.78 is 15.3. The molecular formula is C20H23FN6O. The van der Waals surface area contributed by atoms with E-state index in [1.54, 1.807) is 16.9 Å². The van der Waals surface area contributed by atoms with Crippen molar-refractivity contribution < 1.29 is 9.18 Å². The van der Waals surface area contributed by atoms with Crippen molar-refractivity contribution in [2.24, 2.45) is 5.73 Å². The van der Waals surface area contributed by atoms with Crippen molar-refractivity contribution in [2.45, 2.75) is 45.1 Å². The Morgan fingerprint density at radius 2 is 2.25 bits per heavy atom. The number of carbonyl (C=O) groups is 1. The van der Waals surface area contributed by atoms with Gasteiger partial charge in [-0.3, -0.25) is 9.78 Å². The van der Waals surface area contributed by atoms with Gasteiger partial charge in [-0.25, -0.2) is 13.9 Å². The fraction of sp³-hybridized carbons (Fsp3) is 0.400. The quantitative estimate of drug-likeness (QED) is 0.708. The van der Waals surface area contributed by atoms with E-state index in [1.807, 2.05) is 6.07 Å². The average Bonchev–Trinajstić information content (AvgIpc) is 3.30. The summed E-state index contributed by atoms with van der Waals surface area (Å²) in [5, 5.41) is 4.50. The van der Waals surface area contributed by atoms with Gasteiger partial charge in [0.05, 0.1) is 17.9 Å². The summed E-state index contributed by atoms with van der Waals surface area (Å²) in [5.74, 6) is -0.137. The largest absolute Gasteiger partial charge is 0.365 e. The molecule has 4 heterocycles. The monoisotopic (exact) mass is 382 g/mol. The average molecular weight is 382 g/mol. The number of anilines is 1. The molecule has 0 aliphatic carbocycles. The normalized spacial score (nSPS) is 16.8. The van der Waals surface area contributed by atoms with E-state index in [1.165, 1.54) is 12.3 Å². The molecule has 1 fully saturated rings. The molecule has 0 radical (unpaired) electrons. The van der Waals surface area contributed by atoms with Crippen LogP contribution < -0.4 is 10.6 Å². The van der Waals surface area contributed by atoms with Crippen LogP contribution in [0.3, 0.4) is 0 Å². The molecule has 1 atom stereocenters. The number of carbonyl (C=O) groups excluding carboxylic acids is 1. The number of nitrogens with two attached hydrogens (primary N) is 1. The Balaban J connectivity index is 1.74. The van der Waals surface area contributed by atoms with Crippen LogP contribution in [0, 0.1) is 5.82 Å². The van der Waals surface area contributed by atoms with Crippen molar-refractivity contribution in [3.8, 4) is 0 Å².